The zero-order valence-electron chi connectivity index (χ0n) is 12.6. The van der Waals surface area contributed by atoms with Crippen LogP contribution in [0.25, 0.3) is 0 Å². The van der Waals surface area contributed by atoms with Crippen molar-refractivity contribution in [1.29, 1.82) is 0 Å². The molecule has 0 fully saturated rings. The van der Waals surface area contributed by atoms with Gasteiger partial charge in [-0.2, -0.15) is 0 Å². The average molecular weight is 292 g/mol. The van der Waals surface area contributed by atoms with Gasteiger partial charge in [-0.05, 0) is 35.7 Å². The van der Waals surface area contributed by atoms with Gasteiger partial charge in [0.25, 0.3) is 5.91 Å². The highest BCUT2D eigenvalue weighted by Crippen LogP contribution is 2.28. The van der Waals surface area contributed by atoms with E-state index in [4.69, 9.17) is 0 Å². The second-order valence-electron chi connectivity index (χ2n) is 5.50. The normalized spacial score (nSPS) is 12.8. The predicted octanol–water partition coefficient (Wildman–Crippen LogP) is 3.17. The van der Waals surface area contributed by atoms with Crippen LogP contribution in [0.15, 0.2) is 61.2 Å². The Labute approximate surface area is 131 Å². The van der Waals surface area contributed by atoms with E-state index < -0.39 is 0 Å². The van der Waals surface area contributed by atoms with Crippen LogP contribution >= 0.6 is 0 Å². The number of fused-ring (bicyclic) bond motifs is 1. The summed E-state index contributed by atoms with van der Waals surface area (Å²) in [4.78, 5) is 14.2. The number of carbonyl (C=O) groups excluding carboxylic acids is 1. The van der Waals surface area contributed by atoms with Crippen LogP contribution in [-0.4, -0.2) is 19.0 Å². The minimum Gasteiger partial charge on any atom is -0.367 e. The Bertz CT molecular complexity index is 676. The molecule has 0 unspecified atom stereocenters. The van der Waals surface area contributed by atoms with Crippen molar-refractivity contribution in [2.45, 2.75) is 13.0 Å². The molecule has 0 atom stereocenters. The summed E-state index contributed by atoms with van der Waals surface area (Å²) in [5, 5.41) is 2.79. The highest BCUT2D eigenvalue weighted by molar-refractivity contribution is 5.94. The molecule has 1 aliphatic rings. The summed E-state index contributed by atoms with van der Waals surface area (Å²) in [7, 11) is 0. The standard InChI is InChI=1S/C19H20N2O/c1-2-12-20-19(22)17-9-7-15(8-10-17)14-21-13-11-16-5-3-4-6-18(16)21/h2-10H,1,11-14H2,(H,20,22). The summed E-state index contributed by atoms with van der Waals surface area (Å²) < 4.78 is 0. The first kappa shape index (κ1) is 14.4. The van der Waals surface area contributed by atoms with Crippen LogP contribution in [0.3, 0.4) is 0 Å². The summed E-state index contributed by atoms with van der Waals surface area (Å²) in [6, 6.07) is 16.4. The van der Waals surface area contributed by atoms with Gasteiger partial charge >= 0.3 is 0 Å². The van der Waals surface area contributed by atoms with Crippen LogP contribution in [0.4, 0.5) is 5.69 Å². The summed E-state index contributed by atoms with van der Waals surface area (Å²) >= 11 is 0. The van der Waals surface area contributed by atoms with Crippen molar-refractivity contribution in [2.24, 2.45) is 0 Å². The zero-order chi connectivity index (χ0) is 15.4. The first-order valence-electron chi connectivity index (χ1n) is 7.59. The minimum absolute atomic E-state index is 0.0574. The van der Waals surface area contributed by atoms with Crippen LogP contribution < -0.4 is 10.2 Å². The number of benzene rings is 2. The third kappa shape index (κ3) is 3.03. The minimum atomic E-state index is -0.0574. The molecule has 112 valence electrons. The SMILES string of the molecule is C=CCNC(=O)c1ccc(CN2CCc3ccccc32)cc1. The highest BCUT2D eigenvalue weighted by Gasteiger charge is 2.18. The van der Waals surface area contributed by atoms with Gasteiger partial charge in [0.2, 0.25) is 0 Å². The molecule has 0 saturated carbocycles. The van der Waals surface area contributed by atoms with Gasteiger partial charge in [0, 0.05) is 30.9 Å². The van der Waals surface area contributed by atoms with Gasteiger partial charge in [-0.15, -0.1) is 6.58 Å². The molecular weight excluding hydrogens is 272 g/mol. The Morgan fingerprint density at radius 2 is 1.95 bits per heavy atom. The molecule has 1 aliphatic heterocycles. The first-order chi connectivity index (χ1) is 10.8. The molecule has 0 aromatic heterocycles. The number of para-hydroxylation sites is 1. The molecule has 1 heterocycles. The van der Waals surface area contributed by atoms with Gasteiger partial charge in [-0.1, -0.05) is 36.4 Å². The van der Waals surface area contributed by atoms with Gasteiger partial charge in [0.1, 0.15) is 0 Å². The number of amides is 1. The van der Waals surface area contributed by atoms with Gasteiger partial charge in [0.15, 0.2) is 0 Å². The molecule has 3 rings (SSSR count). The van der Waals surface area contributed by atoms with E-state index in [1.54, 1.807) is 6.08 Å². The van der Waals surface area contributed by atoms with Gasteiger partial charge in [-0.3, -0.25) is 4.79 Å². The van der Waals surface area contributed by atoms with E-state index in [0.29, 0.717) is 12.1 Å². The second kappa shape index (κ2) is 6.48. The van der Waals surface area contributed by atoms with Gasteiger partial charge in [-0.25, -0.2) is 0 Å². The van der Waals surface area contributed by atoms with E-state index in [9.17, 15) is 4.79 Å². The zero-order valence-corrected chi connectivity index (χ0v) is 12.6. The molecule has 3 heteroatoms. The molecule has 3 nitrogen and oxygen atoms in total. The Morgan fingerprint density at radius 1 is 1.18 bits per heavy atom. The third-order valence-corrected chi connectivity index (χ3v) is 3.98. The summed E-state index contributed by atoms with van der Waals surface area (Å²) in [5.74, 6) is -0.0574. The predicted molar refractivity (Wildman–Crippen MR) is 90.2 cm³/mol. The molecule has 0 radical (unpaired) electrons. The van der Waals surface area contributed by atoms with Gasteiger partial charge in [0.05, 0.1) is 0 Å². The Balaban J connectivity index is 1.67. The van der Waals surface area contributed by atoms with E-state index in [-0.39, 0.29) is 5.91 Å². The van der Waals surface area contributed by atoms with Crippen molar-refractivity contribution < 1.29 is 4.79 Å². The van der Waals surface area contributed by atoms with Crippen LogP contribution in [0, 0.1) is 0 Å². The first-order valence-corrected chi connectivity index (χ1v) is 7.59. The van der Waals surface area contributed by atoms with Crippen LogP contribution in [0.2, 0.25) is 0 Å². The number of nitrogens with zero attached hydrogens (tertiary/aromatic N) is 1. The average Bonchev–Trinajstić information content (AvgIpc) is 2.96. The maximum absolute atomic E-state index is 11.9. The summed E-state index contributed by atoms with van der Waals surface area (Å²) in [6.07, 6.45) is 2.79. The van der Waals surface area contributed by atoms with E-state index in [1.807, 2.05) is 24.3 Å². The molecule has 2 aromatic carbocycles. The number of rotatable bonds is 5. The van der Waals surface area contributed by atoms with Crippen molar-refractivity contribution in [3.8, 4) is 0 Å². The molecule has 2 aromatic rings. The van der Waals surface area contributed by atoms with Crippen molar-refractivity contribution in [1.82, 2.24) is 5.32 Å². The summed E-state index contributed by atoms with van der Waals surface area (Å²) in [6.45, 7) is 6.02. The van der Waals surface area contributed by atoms with Crippen molar-refractivity contribution in [3.05, 3.63) is 77.9 Å². The van der Waals surface area contributed by atoms with Gasteiger partial charge < -0.3 is 10.2 Å². The van der Waals surface area contributed by atoms with Crippen molar-refractivity contribution in [2.75, 3.05) is 18.0 Å². The van der Waals surface area contributed by atoms with Crippen molar-refractivity contribution >= 4 is 11.6 Å². The van der Waals surface area contributed by atoms with Crippen LogP contribution in [0.5, 0.6) is 0 Å². The molecular formula is C19H20N2O. The van der Waals surface area contributed by atoms with E-state index in [1.165, 1.54) is 16.8 Å². The fourth-order valence-electron chi connectivity index (χ4n) is 2.82. The fraction of sp³-hybridized carbons (Fsp3) is 0.211. The summed E-state index contributed by atoms with van der Waals surface area (Å²) in [5.41, 5.74) is 4.66. The largest absolute Gasteiger partial charge is 0.367 e. The highest BCUT2D eigenvalue weighted by atomic mass is 16.1. The Kier molecular flexibility index (Phi) is 4.24. The molecule has 1 amide bonds. The lowest BCUT2D eigenvalue weighted by molar-refractivity contribution is 0.0958. The van der Waals surface area contributed by atoms with E-state index in [2.05, 4.69) is 41.1 Å². The molecule has 0 aliphatic carbocycles. The molecule has 0 spiro atoms. The molecule has 0 saturated heterocycles. The van der Waals surface area contributed by atoms with Crippen LogP contribution in [-0.2, 0) is 13.0 Å². The topological polar surface area (TPSA) is 32.3 Å². The monoisotopic (exact) mass is 292 g/mol. The number of hydrogen-bond donors (Lipinski definition) is 1. The van der Waals surface area contributed by atoms with E-state index in [0.717, 1.165) is 19.5 Å². The Hall–Kier alpha value is -2.55. The van der Waals surface area contributed by atoms with Crippen LogP contribution in [0.1, 0.15) is 21.5 Å². The lowest BCUT2D eigenvalue weighted by Crippen LogP contribution is -2.23. The molecule has 0 bridgehead atoms. The smallest absolute Gasteiger partial charge is 0.251 e. The third-order valence-electron chi connectivity index (χ3n) is 3.98. The lowest BCUT2D eigenvalue weighted by Gasteiger charge is -2.19. The number of carbonyl (C=O) groups is 1. The van der Waals surface area contributed by atoms with E-state index >= 15 is 0 Å². The number of hydrogen-bond acceptors (Lipinski definition) is 2. The lowest BCUT2D eigenvalue weighted by atomic mass is 10.1. The quantitative estimate of drug-likeness (QED) is 0.859. The van der Waals surface area contributed by atoms with Crippen molar-refractivity contribution in [3.63, 3.8) is 0 Å². The number of nitrogens with one attached hydrogen (secondary N) is 1. The number of anilines is 1. The Morgan fingerprint density at radius 3 is 2.73 bits per heavy atom. The fourth-order valence-corrected chi connectivity index (χ4v) is 2.82. The second-order valence-corrected chi connectivity index (χ2v) is 5.50. The maximum atomic E-state index is 11.9. The maximum Gasteiger partial charge on any atom is 0.251 e. The molecule has 1 N–H and O–H groups in total. The molecule has 22 heavy (non-hydrogen) atoms.